The lowest BCUT2D eigenvalue weighted by atomic mass is 10.2. The van der Waals surface area contributed by atoms with Crippen LogP contribution in [0, 0.1) is 0 Å². The largest absolute Gasteiger partial charge is 0.489 e. The van der Waals surface area contributed by atoms with Crippen molar-refractivity contribution in [2.24, 2.45) is 0 Å². The number of hydrogen-bond acceptors (Lipinski definition) is 5. The molecule has 1 atom stereocenters. The van der Waals surface area contributed by atoms with Gasteiger partial charge in [0, 0.05) is 38.2 Å². The second-order valence-electron chi connectivity index (χ2n) is 5.70. The Balaban J connectivity index is 1.80. The molecule has 2 rings (SSSR count). The fourth-order valence-electron chi connectivity index (χ4n) is 2.45. The molecule has 1 aromatic rings. The van der Waals surface area contributed by atoms with Gasteiger partial charge in [-0.15, -0.1) is 0 Å². The number of nitrogens with one attached hydrogen (secondary N) is 1. The lowest BCUT2D eigenvalue weighted by Gasteiger charge is -2.26. The van der Waals surface area contributed by atoms with E-state index in [-0.39, 0.29) is 18.6 Å². The number of hydrogen-bond donors (Lipinski definition) is 1. The van der Waals surface area contributed by atoms with E-state index in [1.165, 1.54) is 24.2 Å². The summed E-state index contributed by atoms with van der Waals surface area (Å²) in [6.07, 6.45) is -0.0857. The smallest absolute Gasteiger partial charge is 0.246 e. The third-order valence-electron chi connectivity index (χ3n) is 3.61. The topological polar surface area (TPSA) is 50.8 Å². The van der Waals surface area contributed by atoms with Gasteiger partial charge in [0.05, 0.1) is 6.54 Å². The highest BCUT2D eigenvalue weighted by molar-refractivity contribution is 7.99. The number of thioether (sulfide) groups is 1. The summed E-state index contributed by atoms with van der Waals surface area (Å²) in [5, 5.41) is 2.78. The highest BCUT2D eigenvalue weighted by Crippen LogP contribution is 2.18. The van der Waals surface area contributed by atoms with Crippen LogP contribution in [0.5, 0.6) is 5.75 Å². The Hall–Kier alpha value is -1.24. The van der Waals surface area contributed by atoms with Crippen LogP contribution in [-0.4, -0.2) is 61.8 Å². The van der Waals surface area contributed by atoms with Gasteiger partial charge in [-0.1, -0.05) is 12.1 Å². The molecular weight excluding hydrogens is 312 g/mol. The molecule has 1 aliphatic rings. The Bertz CT molecular complexity index is 492. The number of methoxy groups -OCH3 is 1. The van der Waals surface area contributed by atoms with Gasteiger partial charge in [-0.2, -0.15) is 11.8 Å². The number of carbonyl (C=O) groups excluding carboxylic acids is 1. The predicted molar refractivity (Wildman–Crippen MR) is 94.0 cm³/mol. The average Bonchev–Trinajstić information content (AvgIpc) is 2.55. The van der Waals surface area contributed by atoms with Crippen molar-refractivity contribution in [2.75, 3.05) is 44.9 Å². The summed E-state index contributed by atoms with van der Waals surface area (Å²) in [6.45, 7) is 5.76. The van der Waals surface area contributed by atoms with Gasteiger partial charge in [0.2, 0.25) is 5.91 Å². The molecule has 1 fully saturated rings. The van der Waals surface area contributed by atoms with Crippen LogP contribution >= 0.6 is 11.8 Å². The fourth-order valence-corrected chi connectivity index (χ4v) is 3.43. The molecular formula is C17H26N2O3S. The van der Waals surface area contributed by atoms with Crippen LogP contribution in [0.4, 0.5) is 0 Å². The minimum Gasteiger partial charge on any atom is -0.489 e. The number of ether oxygens (including phenoxy) is 2. The molecule has 0 unspecified atom stereocenters. The standard InChI is InChI=1S/C17H26N2O3S/c1-14(11-18-17(20)13-21-2)22-16-5-3-4-15(10-16)12-19-6-8-23-9-7-19/h3-5,10,14H,6-9,11-13H2,1-2H3,(H,18,20)/t14-/m0/s1. The first-order chi connectivity index (χ1) is 11.2. The van der Waals surface area contributed by atoms with Crippen molar-refractivity contribution in [3.63, 3.8) is 0 Å². The van der Waals surface area contributed by atoms with E-state index < -0.39 is 0 Å². The van der Waals surface area contributed by atoms with Crippen molar-refractivity contribution in [2.45, 2.75) is 19.6 Å². The molecule has 1 amide bonds. The van der Waals surface area contributed by atoms with Gasteiger partial charge in [0.15, 0.2) is 0 Å². The highest BCUT2D eigenvalue weighted by atomic mass is 32.2. The van der Waals surface area contributed by atoms with E-state index in [2.05, 4.69) is 22.3 Å². The Morgan fingerprint density at radius 1 is 1.39 bits per heavy atom. The maximum atomic E-state index is 11.4. The van der Waals surface area contributed by atoms with Crippen molar-refractivity contribution in [3.05, 3.63) is 29.8 Å². The minimum atomic E-state index is -0.125. The molecule has 0 saturated carbocycles. The van der Waals surface area contributed by atoms with E-state index in [1.54, 1.807) is 0 Å². The zero-order valence-electron chi connectivity index (χ0n) is 13.9. The predicted octanol–water partition coefficient (Wildman–Crippen LogP) is 1.77. The van der Waals surface area contributed by atoms with Gasteiger partial charge in [0.25, 0.3) is 0 Å². The van der Waals surface area contributed by atoms with Gasteiger partial charge in [-0.3, -0.25) is 9.69 Å². The van der Waals surface area contributed by atoms with E-state index in [9.17, 15) is 4.79 Å². The maximum Gasteiger partial charge on any atom is 0.246 e. The summed E-state index contributed by atoms with van der Waals surface area (Å²) >= 11 is 2.02. The van der Waals surface area contributed by atoms with Crippen LogP contribution < -0.4 is 10.1 Å². The van der Waals surface area contributed by atoms with E-state index in [1.807, 2.05) is 30.8 Å². The lowest BCUT2D eigenvalue weighted by molar-refractivity contribution is -0.125. The van der Waals surface area contributed by atoms with E-state index >= 15 is 0 Å². The quantitative estimate of drug-likeness (QED) is 0.783. The van der Waals surface area contributed by atoms with Gasteiger partial charge in [-0.05, 0) is 24.6 Å². The number of rotatable bonds is 8. The summed E-state index contributed by atoms with van der Waals surface area (Å²) in [6, 6.07) is 8.22. The SMILES string of the molecule is COCC(=O)NC[C@H](C)Oc1cccc(CN2CCSCC2)c1. The molecule has 1 aromatic carbocycles. The van der Waals surface area contributed by atoms with Crippen molar-refractivity contribution < 1.29 is 14.3 Å². The summed E-state index contributed by atoms with van der Waals surface area (Å²) in [5.41, 5.74) is 1.27. The molecule has 5 nitrogen and oxygen atoms in total. The Morgan fingerprint density at radius 2 is 2.17 bits per heavy atom. The lowest BCUT2D eigenvalue weighted by Crippen LogP contribution is -2.35. The Labute approximate surface area is 142 Å². The zero-order valence-corrected chi connectivity index (χ0v) is 14.7. The Morgan fingerprint density at radius 3 is 2.91 bits per heavy atom. The second-order valence-corrected chi connectivity index (χ2v) is 6.93. The summed E-state index contributed by atoms with van der Waals surface area (Å²) < 4.78 is 10.7. The fraction of sp³-hybridized carbons (Fsp3) is 0.588. The molecule has 0 aromatic heterocycles. The van der Waals surface area contributed by atoms with Crippen molar-refractivity contribution in [1.82, 2.24) is 10.2 Å². The number of nitrogens with zero attached hydrogens (tertiary/aromatic N) is 1. The third kappa shape index (κ3) is 6.81. The van der Waals surface area contributed by atoms with Crippen LogP contribution in [0.1, 0.15) is 12.5 Å². The third-order valence-corrected chi connectivity index (χ3v) is 4.55. The molecule has 1 aliphatic heterocycles. The van der Waals surface area contributed by atoms with Crippen LogP contribution in [0.2, 0.25) is 0 Å². The summed E-state index contributed by atoms with van der Waals surface area (Å²) in [4.78, 5) is 13.9. The first-order valence-electron chi connectivity index (χ1n) is 7.98. The van der Waals surface area contributed by atoms with E-state index in [0.717, 1.165) is 25.4 Å². The molecule has 6 heteroatoms. The van der Waals surface area contributed by atoms with Crippen LogP contribution in [0.25, 0.3) is 0 Å². The van der Waals surface area contributed by atoms with Gasteiger partial charge >= 0.3 is 0 Å². The monoisotopic (exact) mass is 338 g/mol. The summed E-state index contributed by atoms with van der Waals surface area (Å²) in [5.74, 6) is 3.16. The first kappa shape index (κ1) is 18.1. The van der Waals surface area contributed by atoms with Crippen LogP contribution in [-0.2, 0) is 16.1 Å². The molecule has 1 N–H and O–H groups in total. The molecule has 0 aliphatic carbocycles. The normalized spacial score (nSPS) is 16.8. The molecule has 23 heavy (non-hydrogen) atoms. The average molecular weight is 338 g/mol. The highest BCUT2D eigenvalue weighted by Gasteiger charge is 2.12. The van der Waals surface area contributed by atoms with Crippen LogP contribution in [0.3, 0.4) is 0 Å². The molecule has 0 radical (unpaired) electrons. The van der Waals surface area contributed by atoms with Crippen molar-refractivity contribution in [1.29, 1.82) is 0 Å². The molecule has 0 bridgehead atoms. The molecule has 0 spiro atoms. The van der Waals surface area contributed by atoms with Gasteiger partial charge in [0.1, 0.15) is 18.5 Å². The number of amides is 1. The first-order valence-corrected chi connectivity index (χ1v) is 9.14. The van der Waals surface area contributed by atoms with Crippen LogP contribution in [0.15, 0.2) is 24.3 Å². The number of benzene rings is 1. The maximum absolute atomic E-state index is 11.4. The minimum absolute atomic E-state index is 0.0797. The molecule has 128 valence electrons. The summed E-state index contributed by atoms with van der Waals surface area (Å²) in [7, 11) is 1.51. The second kappa shape index (κ2) is 9.80. The molecule has 1 saturated heterocycles. The van der Waals surface area contributed by atoms with Gasteiger partial charge in [-0.25, -0.2) is 0 Å². The van der Waals surface area contributed by atoms with E-state index in [0.29, 0.717) is 6.54 Å². The van der Waals surface area contributed by atoms with E-state index in [4.69, 9.17) is 9.47 Å². The van der Waals surface area contributed by atoms with Gasteiger partial charge < -0.3 is 14.8 Å². The van der Waals surface area contributed by atoms with Crippen molar-refractivity contribution >= 4 is 17.7 Å². The molecule has 1 heterocycles. The zero-order chi connectivity index (χ0) is 16.5. The van der Waals surface area contributed by atoms with Crippen molar-refractivity contribution in [3.8, 4) is 5.75 Å². The Kier molecular flexibility index (Phi) is 7.71. The number of carbonyl (C=O) groups is 1.